The van der Waals surface area contributed by atoms with E-state index in [1.165, 1.54) is 49.5 Å². The molecule has 5 nitrogen and oxygen atoms in total. The van der Waals surface area contributed by atoms with Crippen molar-refractivity contribution in [2.45, 2.75) is 33.2 Å². The van der Waals surface area contributed by atoms with Crippen molar-refractivity contribution in [1.29, 1.82) is 0 Å². The van der Waals surface area contributed by atoms with Crippen LogP contribution in [0.5, 0.6) is 23.0 Å². The van der Waals surface area contributed by atoms with Crippen molar-refractivity contribution in [3.8, 4) is 23.0 Å². The van der Waals surface area contributed by atoms with Crippen molar-refractivity contribution >= 4 is 32.4 Å². The van der Waals surface area contributed by atoms with E-state index in [1.807, 2.05) is 6.07 Å². The van der Waals surface area contributed by atoms with Gasteiger partial charge in [-0.1, -0.05) is 29.3 Å². The number of hydrogen-bond acceptors (Lipinski definition) is 4. The van der Waals surface area contributed by atoms with Gasteiger partial charge in [-0.25, -0.2) is 0 Å². The second-order valence-corrected chi connectivity index (χ2v) is 9.96. The van der Waals surface area contributed by atoms with Crippen LogP contribution < -0.4 is 23.5 Å². The van der Waals surface area contributed by atoms with Crippen molar-refractivity contribution in [3.63, 3.8) is 0 Å². The minimum Gasteiger partial charge on any atom is -0.493 e. The molecule has 7 rings (SSSR count). The highest BCUT2D eigenvalue weighted by molar-refractivity contribution is 6.18. The molecule has 1 aromatic heterocycles. The van der Waals surface area contributed by atoms with E-state index in [1.54, 1.807) is 14.2 Å². The number of hydrogen-bond donors (Lipinski definition) is 0. The Hall–Kier alpha value is -3.99. The zero-order valence-corrected chi connectivity index (χ0v) is 21.0. The molecule has 0 unspecified atom stereocenters. The molecule has 0 aliphatic carbocycles. The van der Waals surface area contributed by atoms with Crippen molar-refractivity contribution < 1.29 is 23.5 Å². The first-order valence-corrected chi connectivity index (χ1v) is 12.4. The SMILES string of the molecule is COc1ccc2c(c[n+]3c4c2cc(Cc2cc(C)cc(C)c2)c2c5c(cc(c24)CC3)OCO5)c1OC. The standard InChI is InChI=1S/C31H28NO4/c1-17-9-18(2)11-19(10-17)12-21-13-23-22-5-6-25(33-3)30(34-4)24(22)15-32-8-7-20-14-26-31(36-16-35-26)28(21)27(20)29(23)32/h5-6,9-11,13-15H,7-8,12,16H2,1-4H3/q+1. The summed E-state index contributed by atoms with van der Waals surface area (Å²) in [5.74, 6) is 3.25. The molecular formula is C31H28NO4+. The molecule has 0 bridgehead atoms. The van der Waals surface area contributed by atoms with Crippen LogP contribution in [0.25, 0.3) is 32.4 Å². The van der Waals surface area contributed by atoms with Gasteiger partial charge in [0, 0.05) is 17.2 Å². The average molecular weight is 479 g/mol. The largest absolute Gasteiger partial charge is 0.493 e. The van der Waals surface area contributed by atoms with Gasteiger partial charge in [-0.05, 0) is 61.2 Å². The van der Waals surface area contributed by atoms with E-state index in [4.69, 9.17) is 18.9 Å². The van der Waals surface area contributed by atoms with Gasteiger partial charge in [-0.2, -0.15) is 4.57 Å². The van der Waals surface area contributed by atoms with Gasteiger partial charge < -0.3 is 18.9 Å². The van der Waals surface area contributed by atoms with Gasteiger partial charge in [0.25, 0.3) is 0 Å². The summed E-state index contributed by atoms with van der Waals surface area (Å²) in [6, 6.07) is 15.5. The highest BCUT2D eigenvalue weighted by Gasteiger charge is 2.31. The summed E-state index contributed by atoms with van der Waals surface area (Å²) >= 11 is 0. The third-order valence-corrected chi connectivity index (χ3v) is 7.62. The zero-order valence-electron chi connectivity index (χ0n) is 21.0. The minimum absolute atomic E-state index is 0.267. The third-order valence-electron chi connectivity index (χ3n) is 7.62. The van der Waals surface area contributed by atoms with Gasteiger partial charge in [-0.15, -0.1) is 0 Å². The van der Waals surface area contributed by atoms with Crippen LogP contribution in [-0.4, -0.2) is 21.0 Å². The molecule has 180 valence electrons. The molecule has 0 radical (unpaired) electrons. The van der Waals surface area contributed by atoms with Crippen LogP contribution in [0.15, 0.2) is 48.7 Å². The Balaban J connectivity index is 1.63. The molecule has 36 heavy (non-hydrogen) atoms. The summed E-state index contributed by atoms with van der Waals surface area (Å²) in [5, 5.41) is 5.90. The Kier molecular flexibility index (Phi) is 4.59. The van der Waals surface area contributed by atoms with E-state index in [0.29, 0.717) is 0 Å². The van der Waals surface area contributed by atoms with Gasteiger partial charge in [-0.3, -0.25) is 0 Å². The maximum Gasteiger partial charge on any atom is 0.231 e. The zero-order chi connectivity index (χ0) is 24.6. The number of aryl methyl sites for hydroxylation is 4. The van der Waals surface area contributed by atoms with Crippen LogP contribution in [0, 0.1) is 13.8 Å². The lowest BCUT2D eigenvalue weighted by Gasteiger charge is -2.20. The van der Waals surface area contributed by atoms with Crippen LogP contribution in [-0.2, 0) is 19.4 Å². The number of rotatable bonds is 4. The molecule has 0 saturated carbocycles. The number of methoxy groups -OCH3 is 2. The van der Waals surface area contributed by atoms with E-state index in [0.717, 1.165) is 53.2 Å². The van der Waals surface area contributed by atoms with Gasteiger partial charge in [0.05, 0.1) is 30.4 Å². The molecule has 0 saturated heterocycles. The number of pyridine rings is 1. The van der Waals surface area contributed by atoms with Gasteiger partial charge in [0.15, 0.2) is 35.7 Å². The Labute approximate surface area is 209 Å². The Morgan fingerprint density at radius 3 is 2.47 bits per heavy atom. The highest BCUT2D eigenvalue weighted by atomic mass is 16.7. The predicted octanol–water partition coefficient (Wildman–Crippen LogP) is 5.94. The van der Waals surface area contributed by atoms with E-state index in [2.05, 4.69) is 61.0 Å². The van der Waals surface area contributed by atoms with Gasteiger partial charge >= 0.3 is 0 Å². The van der Waals surface area contributed by atoms with Crippen molar-refractivity contribution in [1.82, 2.24) is 0 Å². The summed E-state index contributed by atoms with van der Waals surface area (Å²) < 4.78 is 25.8. The Bertz CT molecular complexity index is 1720. The second-order valence-electron chi connectivity index (χ2n) is 9.96. The predicted molar refractivity (Wildman–Crippen MR) is 141 cm³/mol. The molecule has 0 amide bonds. The van der Waals surface area contributed by atoms with E-state index >= 15 is 0 Å². The van der Waals surface area contributed by atoms with Crippen LogP contribution in [0.1, 0.15) is 27.8 Å². The number of benzene rings is 4. The molecular weight excluding hydrogens is 450 g/mol. The van der Waals surface area contributed by atoms with Crippen molar-refractivity contribution in [3.05, 3.63) is 76.5 Å². The van der Waals surface area contributed by atoms with Crippen LogP contribution in [0.3, 0.4) is 0 Å². The summed E-state index contributed by atoms with van der Waals surface area (Å²) in [6.45, 7) is 5.49. The summed E-state index contributed by atoms with van der Waals surface area (Å²) in [4.78, 5) is 0. The van der Waals surface area contributed by atoms with E-state index in [-0.39, 0.29) is 6.79 Å². The lowest BCUT2D eigenvalue weighted by molar-refractivity contribution is -0.670. The van der Waals surface area contributed by atoms with E-state index < -0.39 is 0 Å². The highest BCUT2D eigenvalue weighted by Crippen LogP contribution is 2.48. The Morgan fingerprint density at radius 2 is 1.69 bits per heavy atom. The van der Waals surface area contributed by atoms with E-state index in [9.17, 15) is 0 Å². The first-order chi connectivity index (χ1) is 17.6. The Morgan fingerprint density at radius 1 is 0.861 bits per heavy atom. The topological polar surface area (TPSA) is 40.8 Å². The first-order valence-electron chi connectivity index (χ1n) is 12.4. The molecule has 0 atom stereocenters. The molecule has 3 heterocycles. The number of nitrogens with zero attached hydrogens (tertiary/aromatic N) is 1. The number of ether oxygens (including phenoxy) is 4. The minimum atomic E-state index is 0.267. The smallest absolute Gasteiger partial charge is 0.231 e. The monoisotopic (exact) mass is 478 g/mol. The maximum absolute atomic E-state index is 6.09. The van der Waals surface area contributed by atoms with Crippen LogP contribution in [0.4, 0.5) is 0 Å². The van der Waals surface area contributed by atoms with Crippen molar-refractivity contribution in [2.24, 2.45) is 0 Å². The third kappa shape index (κ3) is 2.98. The lowest BCUT2D eigenvalue weighted by atomic mass is 9.87. The summed E-state index contributed by atoms with van der Waals surface area (Å²) in [5.41, 5.74) is 7.68. The fourth-order valence-corrected chi connectivity index (χ4v) is 6.30. The fraction of sp³-hybridized carbons (Fsp3) is 0.258. The molecule has 0 fully saturated rings. The maximum atomic E-state index is 6.09. The molecule has 0 N–H and O–H groups in total. The molecule has 5 heteroatoms. The quantitative estimate of drug-likeness (QED) is 0.237. The normalized spacial score (nSPS) is 13.8. The number of fused-ring (bicyclic) bond motifs is 4. The van der Waals surface area contributed by atoms with Gasteiger partial charge in [0.2, 0.25) is 12.3 Å². The molecule has 2 aliphatic heterocycles. The molecule has 0 spiro atoms. The first kappa shape index (κ1) is 21.3. The second kappa shape index (κ2) is 7.76. The molecule has 4 aromatic carbocycles. The average Bonchev–Trinajstić information content (AvgIpc) is 3.33. The summed E-state index contributed by atoms with van der Waals surface area (Å²) in [7, 11) is 3.40. The molecule has 2 aliphatic rings. The lowest BCUT2D eigenvalue weighted by Crippen LogP contribution is -2.38. The summed E-state index contributed by atoms with van der Waals surface area (Å²) in [6.07, 6.45) is 3.97. The van der Waals surface area contributed by atoms with Crippen LogP contribution in [0.2, 0.25) is 0 Å². The fourth-order valence-electron chi connectivity index (χ4n) is 6.30. The number of aromatic nitrogens is 1. The van der Waals surface area contributed by atoms with Crippen LogP contribution >= 0.6 is 0 Å². The van der Waals surface area contributed by atoms with Crippen molar-refractivity contribution in [2.75, 3.05) is 21.0 Å². The van der Waals surface area contributed by atoms with Gasteiger partial charge in [0.1, 0.15) is 0 Å². The molecule has 5 aromatic rings.